The summed E-state index contributed by atoms with van der Waals surface area (Å²) in [5.41, 5.74) is 0.967. The molecule has 1 aromatic heterocycles. The molecule has 32 heavy (non-hydrogen) atoms. The van der Waals surface area contributed by atoms with Crippen LogP contribution in [0.25, 0.3) is 6.08 Å². The summed E-state index contributed by atoms with van der Waals surface area (Å²) < 4.78 is 40.2. The van der Waals surface area contributed by atoms with E-state index in [1.165, 1.54) is 41.4 Å². The first kappa shape index (κ1) is 25.2. The summed E-state index contributed by atoms with van der Waals surface area (Å²) in [6.07, 6.45) is 4.48. The van der Waals surface area contributed by atoms with Crippen LogP contribution in [0.4, 0.5) is 10.1 Å². The molecule has 0 saturated carbocycles. The lowest BCUT2D eigenvalue weighted by Gasteiger charge is -2.31. The highest BCUT2D eigenvalue weighted by atomic mass is 32.2. The van der Waals surface area contributed by atoms with Crippen LogP contribution in [-0.2, 0) is 19.6 Å². The summed E-state index contributed by atoms with van der Waals surface area (Å²) in [5.74, 6) is -3.20. The van der Waals surface area contributed by atoms with Gasteiger partial charge in [-0.15, -0.1) is 0 Å². The molecule has 2 aromatic rings. The van der Waals surface area contributed by atoms with Gasteiger partial charge in [-0.2, -0.15) is 0 Å². The van der Waals surface area contributed by atoms with E-state index >= 15 is 0 Å². The van der Waals surface area contributed by atoms with Crippen LogP contribution in [0.15, 0.2) is 54.2 Å². The number of nitrogens with one attached hydrogen (secondary N) is 1. The van der Waals surface area contributed by atoms with Gasteiger partial charge in [0.1, 0.15) is 11.7 Å². The van der Waals surface area contributed by atoms with Crippen LogP contribution in [0.3, 0.4) is 0 Å². The lowest BCUT2D eigenvalue weighted by molar-refractivity contribution is -0.133. The molecule has 1 aromatic carbocycles. The SMILES string of the molecule is CC(C)CC(C(=O)NS(=O)(=O)/C=C/c1cccnc1)C(=O)N(c1ccc(F)cc1)C(C)C. The summed E-state index contributed by atoms with van der Waals surface area (Å²) in [5, 5.41) is 0.860. The second-order valence-corrected chi connectivity index (χ2v) is 9.63. The molecule has 2 amide bonds. The Bertz CT molecular complexity index is 1050. The number of nitrogens with zero attached hydrogens (tertiary/aromatic N) is 2. The zero-order chi connectivity index (χ0) is 23.9. The van der Waals surface area contributed by atoms with Gasteiger partial charge in [-0.25, -0.2) is 17.5 Å². The summed E-state index contributed by atoms with van der Waals surface area (Å²) in [6.45, 7) is 7.20. The molecule has 0 bridgehead atoms. The Morgan fingerprint density at radius 3 is 2.31 bits per heavy atom. The number of benzene rings is 1. The van der Waals surface area contributed by atoms with E-state index in [2.05, 4.69) is 4.98 Å². The second kappa shape index (κ2) is 11.0. The van der Waals surface area contributed by atoms with Crippen LogP contribution in [0.1, 0.15) is 39.7 Å². The molecule has 172 valence electrons. The number of anilines is 1. The fraction of sp³-hybridized carbons (Fsp3) is 0.348. The predicted molar refractivity (Wildman–Crippen MR) is 122 cm³/mol. The number of sulfonamides is 1. The number of hydrogen-bond donors (Lipinski definition) is 1. The molecule has 0 spiro atoms. The van der Waals surface area contributed by atoms with E-state index in [1.807, 2.05) is 18.6 Å². The molecule has 0 aliphatic carbocycles. The predicted octanol–water partition coefficient (Wildman–Crippen LogP) is 3.74. The van der Waals surface area contributed by atoms with Crippen LogP contribution in [-0.4, -0.2) is 31.3 Å². The molecule has 9 heteroatoms. The maximum Gasteiger partial charge on any atom is 0.257 e. The topological polar surface area (TPSA) is 96.4 Å². The van der Waals surface area contributed by atoms with Crippen molar-refractivity contribution in [3.63, 3.8) is 0 Å². The van der Waals surface area contributed by atoms with Gasteiger partial charge < -0.3 is 4.90 Å². The smallest absolute Gasteiger partial charge is 0.257 e. The molecule has 0 aliphatic rings. The lowest BCUT2D eigenvalue weighted by Crippen LogP contribution is -2.48. The summed E-state index contributed by atoms with van der Waals surface area (Å²) in [4.78, 5) is 31.6. The Morgan fingerprint density at radius 2 is 1.78 bits per heavy atom. The van der Waals surface area contributed by atoms with Crippen LogP contribution in [0.2, 0.25) is 0 Å². The number of carbonyl (C=O) groups excluding carboxylic acids is 2. The number of aromatic nitrogens is 1. The molecule has 7 nitrogen and oxygen atoms in total. The van der Waals surface area contributed by atoms with Gasteiger partial charge in [0.05, 0.1) is 5.41 Å². The van der Waals surface area contributed by atoms with Crippen molar-refractivity contribution < 1.29 is 22.4 Å². The van der Waals surface area contributed by atoms with E-state index < -0.39 is 33.6 Å². The Morgan fingerprint density at radius 1 is 1.12 bits per heavy atom. The van der Waals surface area contributed by atoms with Crippen molar-refractivity contribution in [1.29, 1.82) is 0 Å². The maximum absolute atomic E-state index is 13.4. The normalized spacial score (nSPS) is 12.8. The standard InChI is InChI=1S/C23H28FN3O4S/c1-16(2)14-21(23(29)27(17(3)4)20-9-7-19(24)8-10-20)22(28)26-32(30,31)13-11-18-6-5-12-25-15-18/h5-13,15-17,21H,14H2,1-4H3,(H,26,28)/b13-11+. The van der Waals surface area contributed by atoms with E-state index in [1.54, 1.807) is 32.2 Å². The first-order valence-corrected chi connectivity index (χ1v) is 11.8. The van der Waals surface area contributed by atoms with E-state index in [-0.39, 0.29) is 18.4 Å². The zero-order valence-electron chi connectivity index (χ0n) is 18.5. The summed E-state index contributed by atoms with van der Waals surface area (Å²) >= 11 is 0. The second-order valence-electron chi connectivity index (χ2n) is 8.06. The monoisotopic (exact) mass is 461 g/mol. The minimum atomic E-state index is -4.14. The quantitative estimate of drug-likeness (QED) is 0.574. The minimum Gasteiger partial charge on any atom is -0.309 e. The summed E-state index contributed by atoms with van der Waals surface area (Å²) in [7, 11) is -4.14. The number of rotatable bonds is 9. The average Bonchev–Trinajstić information content (AvgIpc) is 2.72. The highest BCUT2D eigenvalue weighted by Crippen LogP contribution is 2.24. The molecule has 1 unspecified atom stereocenters. The van der Waals surface area contributed by atoms with Crippen molar-refractivity contribution >= 4 is 33.6 Å². The van der Waals surface area contributed by atoms with Gasteiger partial charge in [0.15, 0.2) is 0 Å². The number of pyridine rings is 1. The number of hydrogen-bond acceptors (Lipinski definition) is 5. The number of halogens is 1. The van der Waals surface area contributed by atoms with E-state index in [9.17, 15) is 22.4 Å². The van der Waals surface area contributed by atoms with Gasteiger partial charge in [0, 0.05) is 24.1 Å². The van der Waals surface area contributed by atoms with Crippen molar-refractivity contribution in [1.82, 2.24) is 9.71 Å². The Kier molecular flexibility index (Phi) is 8.65. The van der Waals surface area contributed by atoms with Gasteiger partial charge in [-0.05, 0) is 68.2 Å². The first-order chi connectivity index (χ1) is 15.0. The number of carbonyl (C=O) groups is 2. The van der Waals surface area contributed by atoms with Crippen molar-refractivity contribution in [2.24, 2.45) is 11.8 Å². The molecule has 2 rings (SSSR count). The van der Waals surface area contributed by atoms with Crippen molar-refractivity contribution in [2.45, 2.75) is 40.2 Å². The van der Waals surface area contributed by atoms with Gasteiger partial charge >= 0.3 is 0 Å². The Labute approximate surface area is 188 Å². The molecule has 1 heterocycles. The highest BCUT2D eigenvalue weighted by Gasteiger charge is 2.34. The molecular weight excluding hydrogens is 433 g/mol. The van der Waals surface area contributed by atoms with E-state index in [0.29, 0.717) is 11.3 Å². The van der Waals surface area contributed by atoms with Crippen LogP contribution in [0, 0.1) is 17.7 Å². The maximum atomic E-state index is 13.4. The van der Waals surface area contributed by atoms with Gasteiger partial charge in [-0.3, -0.25) is 14.6 Å². The van der Waals surface area contributed by atoms with Crippen LogP contribution < -0.4 is 9.62 Å². The fourth-order valence-electron chi connectivity index (χ4n) is 3.13. The van der Waals surface area contributed by atoms with E-state index in [0.717, 1.165) is 5.41 Å². The molecular formula is C23H28FN3O4S. The lowest BCUT2D eigenvalue weighted by atomic mass is 9.94. The zero-order valence-corrected chi connectivity index (χ0v) is 19.3. The third-order valence-electron chi connectivity index (χ3n) is 4.55. The van der Waals surface area contributed by atoms with Crippen molar-refractivity contribution in [3.8, 4) is 0 Å². The van der Waals surface area contributed by atoms with E-state index in [4.69, 9.17) is 0 Å². The summed E-state index contributed by atoms with van der Waals surface area (Å²) in [6, 6.07) is 8.33. The third kappa shape index (κ3) is 7.26. The van der Waals surface area contributed by atoms with Gasteiger partial charge in [-0.1, -0.05) is 19.9 Å². The Balaban J connectivity index is 2.28. The molecule has 1 atom stereocenters. The largest absolute Gasteiger partial charge is 0.309 e. The molecule has 0 aliphatic heterocycles. The van der Waals surface area contributed by atoms with Gasteiger partial charge in [0.2, 0.25) is 11.8 Å². The molecule has 0 radical (unpaired) electrons. The van der Waals surface area contributed by atoms with Crippen LogP contribution in [0.5, 0.6) is 0 Å². The van der Waals surface area contributed by atoms with Gasteiger partial charge in [0.25, 0.3) is 10.0 Å². The Hall–Kier alpha value is -3.07. The van der Waals surface area contributed by atoms with Crippen molar-refractivity contribution in [3.05, 3.63) is 65.6 Å². The molecule has 1 N–H and O–H groups in total. The van der Waals surface area contributed by atoms with Crippen molar-refractivity contribution in [2.75, 3.05) is 4.90 Å². The number of amides is 2. The third-order valence-corrected chi connectivity index (χ3v) is 5.53. The molecule has 0 fully saturated rings. The average molecular weight is 462 g/mol. The fourth-order valence-corrected chi connectivity index (χ4v) is 3.96. The first-order valence-electron chi connectivity index (χ1n) is 10.2. The van der Waals surface area contributed by atoms with Crippen LogP contribution >= 0.6 is 0 Å². The highest BCUT2D eigenvalue weighted by molar-refractivity contribution is 7.93. The minimum absolute atomic E-state index is 0.0504. The molecule has 0 saturated heterocycles.